The SMILES string of the molecule is CN(C)c1ccc(/C=N\N2CC[NH+](C3c4ccccc4-c4ccccc43)CC2)cc1. The Bertz CT molecular complexity index is 1000. The second-order valence-electron chi connectivity index (χ2n) is 8.45. The number of rotatable bonds is 4. The minimum atomic E-state index is 0.446. The summed E-state index contributed by atoms with van der Waals surface area (Å²) in [7, 11) is 4.12. The van der Waals surface area contributed by atoms with Gasteiger partial charge in [-0.1, -0.05) is 60.7 Å². The highest BCUT2D eigenvalue weighted by molar-refractivity contribution is 5.80. The number of benzene rings is 3. The van der Waals surface area contributed by atoms with Gasteiger partial charge in [-0.15, -0.1) is 0 Å². The van der Waals surface area contributed by atoms with Gasteiger partial charge < -0.3 is 9.80 Å². The van der Waals surface area contributed by atoms with Crippen LogP contribution in [-0.4, -0.2) is 51.5 Å². The zero-order valence-electron chi connectivity index (χ0n) is 17.8. The highest BCUT2D eigenvalue weighted by atomic mass is 15.5. The molecular formula is C26H29N4+. The number of anilines is 1. The second-order valence-corrected chi connectivity index (χ2v) is 8.45. The molecule has 1 heterocycles. The molecule has 4 heteroatoms. The van der Waals surface area contributed by atoms with Crippen molar-refractivity contribution in [2.45, 2.75) is 6.04 Å². The maximum absolute atomic E-state index is 4.76. The predicted octanol–water partition coefficient (Wildman–Crippen LogP) is 3.06. The molecule has 30 heavy (non-hydrogen) atoms. The van der Waals surface area contributed by atoms with E-state index in [1.54, 1.807) is 4.90 Å². The quantitative estimate of drug-likeness (QED) is 0.684. The minimum Gasteiger partial charge on any atom is -0.378 e. The Morgan fingerprint density at radius 1 is 0.833 bits per heavy atom. The van der Waals surface area contributed by atoms with Gasteiger partial charge in [0.2, 0.25) is 0 Å². The maximum Gasteiger partial charge on any atom is 0.140 e. The van der Waals surface area contributed by atoms with E-state index in [1.807, 2.05) is 6.21 Å². The average molecular weight is 398 g/mol. The normalized spacial score (nSPS) is 16.7. The summed E-state index contributed by atoms with van der Waals surface area (Å²) in [5.41, 5.74) is 8.13. The van der Waals surface area contributed by atoms with Crippen LogP contribution in [0, 0.1) is 0 Å². The van der Waals surface area contributed by atoms with Gasteiger partial charge in [-0.2, -0.15) is 5.10 Å². The molecule has 1 aliphatic carbocycles. The molecule has 4 nitrogen and oxygen atoms in total. The van der Waals surface area contributed by atoms with Gasteiger partial charge in [-0.05, 0) is 28.8 Å². The van der Waals surface area contributed by atoms with Gasteiger partial charge in [0.05, 0.1) is 32.4 Å². The largest absolute Gasteiger partial charge is 0.378 e. The molecule has 0 amide bonds. The molecule has 0 aromatic heterocycles. The van der Waals surface area contributed by atoms with Crippen LogP contribution < -0.4 is 9.80 Å². The van der Waals surface area contributed by atoms with Crippen molar-refractivity contribution in [1.82, 2.24) is 5.01 Å². The molecule has 152 valence electrons. The van der Waals surface area contributed by atoms with Crippen LogP contribution >= 0.6 is 0 Å². The molecular weight excluding hydrogens is 368 g/mol. The van der Waals surface area contributed by atoms with Gasteiger partial charge >= 0.3 is 0 Å². The Kier molecular flexibility index (Phi) is 5.01. The van der Waals surface area contributed by atoms with Gasteiger partial charge in [0.25, 0.3) is 0 Å². The van der Waals surface area contributed by atoms with Gasteiger partial charge in [-0.25, -0.2) is 0 Å². The van der Waals surface area contributed by atoms with Crippen LogP contribution in [0.2, 0.25) is 0 Å². The van der Waals surface area contributed by atoms with Crippen molar-refractivity contribution in [1.29, 1.82) is 0 Å². The number of fused-ring (bicyclic) bond motifs is 3. The molecule has 0 unspecified atom stereocenters. The Morgan fingerprint density at radius 3 is 1.97 bits per heavy atom. The van der Waals surface area contributed by atoms with Crippen LogP contribution in [0.5, 0.6) is 0 Å². The molecule has 1 aliphatic heterocycles. The molecule has 5 rings (SSSR count). The molecule has 2 aliphatic rings. The van der Waals surface area contributed by atoms with E-state index < -0.39 is 0 Å². The first kappa shape index (κ1) is 18.9. The second kappa shape index (κ2) is 7.96. The predicted molar refractivity (Wildman–Crippen MR) is 124 cm³/mol. The molecule has 1 saturated heterocycles. The van der Waals surface area contributed by atoms with Crippen molar-refractivity contribution in [3.63, 3.8) is 0 Å². The number of hydrogen-bond acceptors (Lipinski definition) is 3. The number of hydrazone groups is 1. The smallest absolute Gasteiger partial charge is 0.140 e. The van der Waals surface area contributed by atoms with Crippen molar-refractivity contribution in [3.05, 3.63) is 89.5 Å². The van der Waals surface area contributed by atoms with Crippen LogP contribution in [0.15, 0.2) is 77.9 Å². The van der Waals surface area contributed by atoms with Crippen LogP contribution in [-0.2, 0) is 0 Å². The number of quaternary nitrogens is 1. The summed E-state index contributed by atoms with van der Waals surface area (Å²) < 4.78 is 0. The van der Waals surface area contributed by atoms with Crippen LogP contribution in [0.25, 0.3) is 11.1 Å². The van der Waals surface area contributed by atoms with Gasteiger partial charge in [0.15, 0.2) is 0 Å². The topological polar surface area (TPSA) is 23.3 Å². The maximum atomic E-state index is 4.76. The van der Waals surface area contributed by atoms with Crippen molar-refractivity contribution >= 4 is 11.9 Å². The summed E-state index contributed by atoms with van der Waals surface area (Å²) in [6, 6.07) is 26.8. The molecule has 0 saturated carbocycles. The van der Waals surface area contributed by atoms with Crippen molar-refractivity contribution < 1.29 is 4.90 Å². The van der Waals surface area contributed by atoms with E-state index >= 15 is 0 Å². The van der Waals surface area contributed by atoms with Crippen LogP contribution in [0.3, 0.4) is 0 Å². The lowest BCUT2D eigenvalue weighted by atomic mass is 10.0. The van der Waals surface area contributed by atoms with E-state index in [9.17, 15) is 0 Å². The molecule has 3 aromatic carbocycles. The van der Waals surface area contributed by atoms with Crippen molar-refractivity contribution in [3.8, 4) is 11.1 Å². The number of nitrogens with zero attached hydrogens (tertiary/aromatic N) is 3. The lowest BCUT2D eigenvalue weighted by Gasteiger charge is -2.34. The fraction of sp³-hybridized carbons (Fsp3) is 0.269. The number of piperazine rings is 1. The Labute approximate surface area is 179 Å². The van der Waals surface area contributed by atoms with E-state index in [2.05, 4.69) is 96.8 Å². The molecule has 1 fully saturated rings. The minimum absolute atomic E-state index is 0.446. The fourth-order valence-corrected chi connectivity index (χ4v) is 4.79. The highest BCUT2D eigenvalue weighted by Gasteiger charge is 2.37. The average Bonchev–Trinajstić information content (AvgIpc) is 3.13. The summed E-state index contributed by atoms with van der Waals surface area (Å²) in [4.78, 5) is 3.76. The van der Waals surface area contributed by atoms with E-state index in [-0.39, 0.29) is 0 Å². The third-order valence-corrected chi connectivity index (χ3v) is 6.40. The third-order valence-electron chi connectivity index (χ3n) is 6.40. The Balaban J connectivity index is 1.27. The van der Waals surface area contributed by atoms with E-state index in [4.69, 9.17) is 5.10 Å². The number of hydrogen-bond donors (Lipinski definition) is 1. The van der Waals surface area contributed by atoms with E-state index in [0.717, 1.165) is 31.7 Å². The summed E-state index contributed by atoms with van der Waals surface area (Å²) >= 11 is 0. The first-order valence-corrected chi connectivity index (χ1v) is 10.8. The van der Waals surface area contributed by atoms with Gasteiger partial charge in [0.1, 0.15) is 6.04 Å². The third kappa shape index (κ3) is 3.48. The molecule has 1 N–H and O–H groups in total. The number of nitrogens with one attached hydrogen (secondary N) is 1. The van der Waals surface area contributed by atoms with Crippen molar-refractivity contribution in [2.75, 3.05) is 45.2 Å². The molecule has 0 radical (unpaired) electrons. The fourth-order valence-electron chi connectivity index (χ4n) is 4.79. The molecule has 3 aromatic rings. The molecule has 0 atom stereocenters. The van der Waals surface area contributed by atoms with Crippen LogP contribution in [0.4, 0.5) is 5.69 Å². The zero-order chi connectivity index (χ0) is 20.5. The first-order chi connectivity index (χ1) is 14.7. The Morgan fingerprint density at radius 2 is 1.40 bits per heavy atom. The monoisotopic (exact) mass is 397 g/mol. The summed E-state index contributed by atoms with van der Waals surface area (Å²) in [6.07, 6.45) is 1.99. The Hall–Kier alpha value is -3.11. The molecule has 0 spiro atoms. The standard InChI is InChI=1S/C26H28N4/c1-28(2)21-13-11-20(12-14-21)19-27-30-17-15-29(16-18-30)26-24-9-5-3-7-22(24)23-8-4-6-10-25(23)26/h3-14,19,26H,15-18H2,1-2H3/p+1/b27-19-. The summed E-state index contributed by atoms with van der Waals surface area (Å²) in [5, 5.41) is 6.98. The molecule has 0 bridgehead atoms. The summed E-state index contributed by atoms with van der Waals surface area (Å²) in [6.45, 7) is 4.18. The first-order valence-electron chi connectivity index (χ1n) is 10.8. The lowest BCUT2D eigenvalue weighted by molar-refractivity contribution is -0.929. The van der Waals surface area contributed by atoms with E-state index in [0.29, 0.717) is 6.04 Å². The summed E-state index contributed by atoms with van der Waals surface area (Å²) in [5.74, 6) is 0. The van der Waals surface area contributed by atoms with Gasteiger partial charge in [0, 0.05) is 30.9 Å². The highest BCUT2D eigenvalue weighted by Crippen LogP contribution is 2.41. The van der Waals surface area contributed by atoms with E-state index in [1.165, 1.54) is 27.9 Å². The zero-order valence-corrected chi connectivity index (χ0v) is 17.8. The van der Waals surface area contributed by atoms with Gasteiger partial charge in [-0.3, -0.25) is 5.01 Å². The van der Waals surface area contributed by atoms with Crippen LogP contribution in [0.1, 0.15) is 22.7 Å². The van der Waals surface area contributed by atoms with Crippen molar-refractivity contribution in [2.24, 2.45) is 5.10 Å². The lowest BCUT2D eigenvalue weighted by Crippen LogP contribution is -3.14.